The van der Waals surface area contributed by atoms with Gasteiger partial charge in [0.1, 0.15) is 11.5 Å². The van der Waals surface area contributed by atoms with Gasteiger partial charge in [-0.3, -0.25) is 14.5 Å². The Labute approximate surface area is 175 Å². The first-order valence-corrected chi connectivity index (χ1v) is 11.4. The first-order valence-electron chi connectivity index (χ1n) is 10.7. The van der Waals surface area contributed by atoms with Gasteiger partial charge in [-0.2, -0.15) is 0 Å². The number of hydrogen-bond acceptors (Lipinski definition) is 4. The van der Waals surface area contributed by atoms with E-state index in [-0.39, 0.29) is 11.4 Å². The lowest BCUT2D eigenvalue weighted by Crippen LogP contribution is -2.62. The summed E-state index contributed by atoms with van der Waals surface area (Å²) in [6.07, 6.45) is 6.98. The minimum Gasteiger partial charge on any atom is -0.426 e. The van der Waals surface area contributed by atoms with E-state index in [1.165, 1.54) is 31.9 Å². The van der Waals surface area contributed by atoms with Crippen LogP contribution in [-0.2, 0) is 21.4 Å². The highest BCUT2D eigenvalue weighted by atomic mass is 79.9. The Bertz CT molecular complexity index is 862. The third kappa shape index (κ3) is 2.88. The maximum atomic E-state index is 12.7. The van der Waals surface area contributed by atoms with Crippen LogP contribution >= 0.6 is 15.9 Å². The van der Waals surface area contributed by atoms with Crippen LogP contribution in [0.25, 0.3) is 0 Å². The number of esters is 1. The summed E-state index contributed by atoms with van der Waals surface area (Å²) >= 11 is 3.81. The zero-order valence-corrected chi connectivity index (χ0v) is 18.3. The number of fused-ring (bicyclic) bond motifs is 1. The molecule has 4 aliphatic rings. The summed E-state index contributed by atoms with van der Waals surface area (Å²) in [6, 6.07) is 2.58. The number of ketones is 1. The van der Waals surface area contributed by atoms with Gasteiger partial charge in [0.25, 0.3) is 0 Å². The van der Waals surface area contributed by atoms with Crippen molar-refractivity contribution < 1.29 is 14.3 Å². The van der Waals surface area contributed by atoms with E-state index >= 15 is 0 Å². The Hall–Kier alpha value is -1.20. The summed E-state index contributed by atoms with van der Waals surface area (Å²) in [5.41, 5.74) is 3.23. The lowest BCUT2D eigenvalue weighted by Gasteiger charge is -2.59. The predicted molar refractivity (Wildman–Crippen MR) is 111 cm³/mol. The summed E-state index contributed by atoms with van der Waals surface area (Å²) in [6.45, 7) is 5.74. The molecule has 1 aromatic rings. The largest absolute Gasteiger partial charge is 0.426 e. The van der Waals surface area contributed by atoms with Gasteiger partial charge in [0.2, 0.25) is 0 Å². The maximum absolute atomic E-state index is 12.7. The number of aryl methyl sites for hydroxylation is 1. The van der Waals surface area contributed by atoms with Crippen LogP contribution in [0.4, 0.5) is 0 Å². The third-order valence-corrected chi connectivity index (χ3v) is 8.31. The summed E-state index contributed by atoms with van der Waals surface area (Å²) in [7, 11) is 0. The molecule has 0 spiro atoms. The number of likely N-dealkylation sites (tertiary alicyclic amines) is 1. The molecule has 1 aromatic carbocycles. The van der Waals surface area contributed by atoms with Gasteiger partial charge < -0.3 is 4.74 Å². The molecule has 3 atom stereocenters. The Morgan fingerprint density at radius 2 is 2.14 bits per heavy atom. The number of hydrogen-bond donors (Lipinski definition) is 0. The van der Waals surface area contributed by atoms with Crippen LogP contribution in [0.3, 0.4) is 0 Å². The van der Waals surface area contributed by atoms with Crippen molar-refractivity contribution in [3.63, 3.8) is 0 Å². The molecule has 1 aliphatic heterocycles. The molecule has 3 fully saturated rings. The van der Waals surface area contributed by atoms with Crippen LogP contribution in [0.5, 0.6) is 5.75 Å². The molecule has 5 heteroatoms. The van der Waals surface area contributed by atoms with E-state index in [9.17, 15) is 9.59 Å². The third-order valence-electron chi connectivity index (χ3n) is 7.60. The highest BCUT2D eigenvalue weighted by Gasteiger charge is 2.57. The zero-order valence-electron chi connectivity index (χ0n) is 16.7. The van der Waals surface area contributed by atoms with Gasteiger partial charge in [-0.15, -0.1) is 0 Å². The van der Waals surface area contributed by atoms with Crippen molar-refractivity contribution in [2.45, 2.75) is 70.3 Å². The van der Waals surface area contributed by atoms with Crippen LogP contribution in [0, 0.1) is 18.8 Å². The average Bonchev–Trinajstić information content (AvgIpc) is 3.44. The maximum Gasteiger partial charge on any atom is 0.308 e. The van der Waals surface area contributed by atoms with Gasteiger partial charge in [-0.1, -0.05) is 15.9 Å². The fourth-order valence-corrected chi connectivity index (χ4v) is 7.00. The van der Waals surface area contributed by atoms with Crippen molar-refractivity contribution in [1.82, 2.24) is 4.90 Å². The highest BCUT2D eigenvalue weighted by Crippen LogP contribution is 2.59. The number of halogens is 1. The van der Waals surface area contributed by atoms with Crippen LogP contribution < -0.4 is 4.74 Å². The molecule has 28 heavy (non-hydrogen) atoms. The second kappa shape index (κ2) is 6.66. The molecular formula is C23H28BrNO3. The average molecular weight is 446 g/mol. The number of carbonyl (C=O) groups is 2. The Morgan fingerprint density at radius 1 is 1.36 bits per heavy atom. The fourth-order valence-electron chi connectivity index (χ4n) is 6.30. The minimum atomic E-state index is -0.281. The minimum absolute atomic E-state index is 0.174. The normalized spacial score (nSPS) is 31.9. The van der Waals surface area contributed by atoms with Crippen molar-refractivity contribution in [2.24, 2.45) is 11.8 Å². The first kappa shape index (κ1) is 18.8. The molecule has 3 unspecified atom stereocenters. The fraction of sp³-hybridized carbons (Fsp3) is 0.652. The summed E-state index contributed by atoms with van der Waals surface area (Å²) in [5.74, 6) is 2.16. The number of Topliss-reactive ketones (excluding diaryl/α,β-unsaturated/α-hetero) is 1. The van der Waals surface area contributed by atoms with Crippen molar-refractivity contribution >= 4 is 27.7 Å². The summed E-state index contributed by atoms with van der Waals surface area (Å²) < 4.78 is 6.89. The van der Waals surface area contributed by atoms with Gasteiger partial charge in [-0.05, 0) is 74.6 Å². The predicted octanol–water partition coefficient (Wildman–Crippen LogP) is 4.33. The summed E-state index contributed by atoms with van der Waals surface area (Å²) in [5, 5.41) is 0. The van der Waals surface area contributed by atoms with Gasteiger partial charge in [0.15, 0.2) is 0 Å². The number of rotatable bonds is 3. The van der Waals surface area contributed by atoms with E-state index in [0.717, 1.165) is 53.1 Å². The lowest BCUT2D eigenvalue weighted by molar-refractivity contribution is -0.132. The Morgan fingerprint density at radius 3 is 2.86 bits per heavy atom. The molecule has 1 heterocycles. The van der Waals surface area contributed by atoms with Gasteiger partial charge >= 0.3 is 5.97 Å². The molecule has 5 rings (SSSR count). The highest BCUT2D eigenvalue weighted by molar-refractivity contribution is 9.10. The second-order valence-corrected chi connectivity index (χ2v) is 10.3. The van der Waals surface area contributed by atoms with Crippen LogP contribution in [0.15, 0.2) is 10.5 Å². The monoisotopic (exact) mass is 445 g/mol. The van der Waals surface area contributed by atoms with Crippen molar-refractivity contribution in [3.8, 4) is 5.75 Å². The number of ether oxygens (including phenoxy) is 1. The number of carbonyl (C=O) groups excluding carboxylic acids is 2. The quantitative estimate of drug-likeness (QED) is 0.512. The number of nitrogens with zero attached hydrogens (tertiary/aromatic N) is 1. The van der Waals surface area contributed by atoms with Crippen LogP contribution in [-0.4, -0.2) is 35.8 Å². The molecular weight excluding hydrogens is 418 g/mol. The zero-order chi connectivity index (χ0) is 19.6. The molecule has 4 nitrogen and oxygen atoms in total. The van der Waals surface area contributed by atoms with E-state index < -0.39 is 0 Å². The van der Waals surface area contributed by atoms with Gasteiger partial charge in [0, 0.05) is 47.8 Å². The molecule has 1 saturated heterocycles. The molecule has 0 aromatic heterocycles. The number of piperidine rings is 1. The van der Waals surface area contributed by atoms with Crippen LogP contribution in [0.2, 0.25) is 0 Å². The first-order chi connectivity index (χ1) is 13.4. The molecule has 0 amide bonds. The van der Waals surface area contributed by atoms with E-state index in [1.807, 2.05) is 6.92 Å². The van der Waals surface area contributed by atoms with Crippen LogP contribution in [0.1, 0.15) is 62.1 Å². The second-order valence-electron chi connectivity index (χ2n) is 9.43. The van der Waals surface area contributed by atoms with Crippen molar-refractivity contribution in [2.75, 3.05) is 13.1 Å². The van der Waals surface area contributed by atoms with Gasteiger partial charge in [-0.25, -0.2) is 0 Å². The van der Waals surface area contributed by atoms with Crippen molar-refractivity contribution in [1.29, 1.82) is 0 Å². The molecule has 3 aliphatic carbocycles. The molecule has 150 valence electrons. The van der Waals surface area contributed by atoms with Gasteiger partial charge in [0.05, 0.1) is 0 Å². The lowest BCUT2D eigenvalue weighted by atomic mass is 9.51. The van der Waals surface area contributed by atoms with E-state index in [0.29, 0.717) is 30.6 Å². The SMILES string of the molecule is CC(=O)Oc1c(C)cc(Br)c2c1C13CCN(CC4CC4)C(C2)C1CCC(=O)C3. The Kier molecular flexibility index (Phi) is 4.48. The smallest absolute Gasteiger partial charge is 0.308 e. The molecule has 2 bridgehead atoms. The topological polar surface area (TPSA) is 46.6 Å². The van der Waals surface area contributed by atoms with E-state index in [1.54, 1.807) is 0 Å². The molecule has 2 saturated carbocycles. The van der Waals surface area contributed by atoms with E-state index in [4.69, 9.17) is 4.74 Å². The number of benzene rings is 1. The Balaban J connectivity index is 1.68. The van der Waals surface area contributed by atoms with Crippen molar-refractivity contribution in [3.05, 3.63) is 27.2 Å². The summed E-state index contributed by atoms with van der Waals surface area (Å²) in [4.78, 5) is 27.3. The molecule has 0 radical (unpaired) electrons. The molecule has 0 N–H and O–H groups in total. The van der Waals surface area contributed by atoms with E-state index in [2.05, 4.69) is 26.9 Å². The standard InChI is InChI=1S/C23H28BrNO3/c1-13-9-19(24)17-10-20-18-6-5-16(27)11-23(18,21(17)22(13)28-14(2)26)7-8-25(20)12-15-3-4-15/h9,15,18,20H,3-8,10-12H2,1-2H3.